The van der Waals surface area contributed by atoms with Gasteiger partial charge < -0.3 is 4.43 Å². The average molecular weight is 438 g/mol. The Kier molecular flexibility index (Phi) is 6.92. The Morgan fingerprint density at radius 3 is 2.33 bits per heavy atom. The number of aromatic nitrogens is 1. The number of benzene rings is 1. The number of halogens is 1. The van der Waals surface area contributed by atoms with Crippen LogP contribution >= 0.6 is 11.3 Å². The molecular weight excluding hydrogens is 409 g/mol. The van der Waals surface area contributed by atoms with E-state index in [0.29, 0.717) is 13.0 Å². The van der Waals surface area contributed by atoms with Gasteiger partial charge in [0.2, 0.25) is 0 Å². The van der Waals surface area contributed by atoms with E-state index in [9.17, 15) is 4.39 Å². The second kappa shape index (κ2) is 9.26. The molecule has 0 atom stereocenters. The minimum absolute atomic E-state index is 0.206. The molecule has 0 amide bonds. The standard InChI is InChI=1S/C25H28FNOSSi/c1-25(2,3)30(4,5)28-17-7-6-8-22-18-23(19-13-15-27-16-14-19)24(29-22)20-9-11-21(26)12-10-20/h9-16,18H,7,17H2,1-5H3. The first-order chi connectivity index (χ1) is 14.2. The van der Waals surface area contributed by atoms with E-state index in [-0.39, 0.29) is 10.9 Å². The lowest BCUT2D eigenvalue weighted by atomic mass is 10.0. The minimum Gasteiger partial charge on any atom is -0.416 e. The number of hydrogen-bond acceptors (Lipinski definition) is 3. The molecule has 3 aromatic rings. The molecule has 0 saturated heterocycles. The molecule has 0 spiro atoms. The first kappa shape index (κ1) is 22.4. The van der Waals surface area contributed by atoms with Gasteiger partial charge >= 0.3 is 0 Å². The second-order valence-corrected chi connectivity index (χ2v) is 14.6. The first-order valence-corrected chi connectivity index (χ1v) is 13.8. The summed E-state index contributed by atoms with van der Waals surface area (Å²) in [6.07, 6.45) is 4.27. The number of nitrogens with zero attached hydrogens (tertiary/aromatic N) is 1. The van der Waals surface area contributed by atoms with Gasteiger partial charge in [-0.2, -0.15) is 0 Å². The maximum Gasteiger partial charge on any atom is 0.192 e. The molecule has 0 aliphatic heterocycles. The Morgan fingerprint density at radius 1 is 1.03 bits per heavy atom. The van der Waals surface area contributed by atoms with E-state index in [2.05, 4.69) is 56.8 Å². The molecule has 0 unspecified atom stereocenters. The molecule has 0 fully saturated rings. The van der Waals surface area contributed by atoms with E-state index in [4.69, 9.17) is 4.43 Å². The highest BCUT2D eigenvalue weighted by atomic mass is 32.1. The van der Waals surface area contributed by atoms with E-state index >= 15 is 0 Å². The highest BCUT2D eigenvalue weighted by Gasteiger charge is 2.36. The third kappa shape index (κ3) is 5.45. The van der Waals surface area contributed by atoms with Crippen molar-refractivity contribution in [1.82, 2.24) is 4.98 Å². The van der Waals surface area contributed by atoms with Crippen molar-refractivity contribution in [3.05, 3.63) is 65.6 Å². The number of thiophene rings is 1. The Bertz CT molecular complexity index is 1040. The van der Waals surface area contributed by atoms with Crippen molar-refractivity contribution in [2.45, 2.75) is 45.3 Å². The molecule has 5 heteroatoms. The molecule has 3 rings (SSSR count). The molecule has 0 N–H and O–H groups in total. The predicted octanol–water partition coefficient (Wildman–Crippen LogP) is 7.38. The fourth-order valence-corrected chi connectivity index (χ4v) is 4.84. The molecule has 0 radical (unpaired) electrons. The van der Waals surface area contributed by atoms with Crippen LogP contribution in [0.2, 0.25) is 18.1 Å². The van der Waals surface area contributed by atoms with E-state index in [1.54, 1.807) is 23.7 Å². The minimum atomic E-state index is -1.73. The fraction of sp³-hybridized carbons (Fsp3) is 0.320. The van der Waals surface area contributed by atoms with Crippen molar-refractivity contribution in [2.24, 2.45) is 0 Å². The van der Waals surface area contributed by atoms with Crippen molar-refractivity contribution < 1.29 is 8.82 Å². The third-order valence-corrected chi connectivity index (χ3v) is 11.2. The van der Waals surface area contributed by atoms with Gasteiger partial charge in [0.05, 0.1) is 4.88 Å². The lowest BCUT2D eigenvalue weighted by molar-refractivity contribution is 0.296. The summed E-state index contributed by atoms with van der Waals surface area (Å²) in [5.74, 6) is 6.33. The van der Waals surface area contributed by atoms with Gasteiger partial charge in [0.1, 0.15) is 5.82 Å². The van der Waals surface area contributed by atoms with Crippen molar-refractivity contribution >= 4 is 19.7 Å². The Hall–Kier alpha value is -2.26. The van der Waals surface area contributed by atoms with Crippen LogP contribution < -0.4 is 0 Å². The summed E-state index contributed by atoms with van der Waals surface area (Å²) in [5, 5.41) is 0.206. The van der Waals surface area contributed by atoms with Crippen LogP contribution in [0, 0.1) is 17.7 Å². The lowest BCUT2D eigenvalue weighted by Gasteiger charge is -2.35. The molecule has 2 nitrogen and oxygen atoms in total. The van der Waals surface area contributed by atoms with Gasteiger partial charge in [0.15, 0.2) is 8.32 Å². The van der Waals surface area contributed by atoms with Crippen LogP contribution in [0.3, 0.4) is 0 Å². The molecule has 2 heterocycles. The monoisotopic (exact) mass is 437 g/mol. The van der Waals surface area contributed by atoms with Crippen molar-refractivity contribution in [3.63, 3.8) is 0 Å². The predicted molar refractivity (Wildman–Crippen MR) is 128 cm³/mol. The summed E-state index contributed by atoms with van der Waals surface area (Å²) in [6, 6.07) is 12.7. The van der Waals surface area contributed by atoms with Crippen LogP contribution in [0.4, 0.5) is 4.39 Å². The van der Waals surface area contributed by atoms with Crippen LogP contribution in [-0.4, -0.2) is 19.9 Å². The van der Waals surface area contributed by atoms with E-state index in [1.165, 1.54) is 12.1 Å². The summed E-state index contributed by atoms with van der Waals surface area (Å²) in [5.41, 5.74) is 3.16. The second-order valence-electron chi connectivity index (χ2n) is 8.76. The zero-order valence-electron chi connectivity index (χ0n) is 18.3. The SMILES string of the molecule is CC(C)(C)[Si](C)(C)OCCC#Cc1cc(-c2ccncc2)c(-c2ccc(F)cc2)s1. The van der Waals surface area contributed by atoms with Crippen molar-refractivity contribution in [3.8, 4) is 33.4 Å². The maximum atomic E-state index is 13.4. The number of rotatable bonds is 5. The molecule has 0 bridgehead atoms. The molecule has 30 heavy (non-hydrogen) atoms. The molecule has 1 aromatic carbocycles. The van der Waals surface area contributed by atoms with Gasteiger partial charge in [-0.15, -0.1) is 11.3 Å². The zero-order valence-corrected chi connectivity index (χ0v) is 20.1. The van der Waals surface area contributed by atoms with Crippen LogP contribution in [-0.2, 0) is 4.43 Å². The Labute approximate surface area is 184 Å². The molecule has 2 aromatic heterocycles. The summed E-state index contributed by atoms with van der Waals surface area (Å²) < 4.78 is 19.6. The summed E-state index contributed by atoms with van der Waals surface area (Å²) in [7, 11) is -1.73. The average Bonchev–Trinajstić information content (AvgIpc) is 3.12. The number of pyridine rings is 1. The third-order valence-electron chi connectivity index (χ3n) is 5.54. The highest BCUT2D eigenvalue weighted by molar-refractivity contribution is 7.16. The van der Waals surface area contributed by atoms with Gasteiger partial charge in [-0.05, 0) is 59.6 Å². The van der Waals surface area contributed by atoms with Crippen LogP contribution in [0.25, 0.3) is 21.6 Å². The fourth-order valence-electron chi connectivity index (χ4n) is 2.74. The lowest BCUT2D eigenvalue weighted by Crippen LogP contribution is -2.40. The Balaban J connectivity index is 1.80. The first-order valence-electron chi connectivity index (χ1n) is 10.1. The molecule has 0 aliphatic carbocycles. The maximum absolute atomic E-state index is 13.4. The quantitative estimate of drug-likeness (QED) is 0.236. The molecule has 0 saturated carbocycles. The zero-order chi connectivity index (χ0) is 21.8. The normalized spacial score (nSPS) is 11.8. The van der Waals surface area contributed by atoms with Gasteiger partial charge in [-0.3, -0.25) is 4.98 Å². The van der Waals surface area contributed by atoms with Gasteiger partial charge in [0, 0.05) is 35.9 Å². The van der Waals surface area contributed by atoms with E-state index in [0.717, 1.165) is 26.4 Å². The summed E-state index contributed by atoms with van der Waals surface area (Å²) in [6.45, 7) is 11.9. The van der Waals surface area contributed by atoms with Crippen molar-refractivity contribution in [2.75, 3.05) is 6.61 Å². The van der Waals surface area contributed by atoms with Crippen molar-refractivity contribution in [1.29, 1.82) is 0 Å². The van der Waals surface area contributed by atoms with Gasteiger partial charge in [-0.1, -0.05) is 44.7 Å². The molecular formula is C25H28FNOSSi. The van der Waals surface area contributed by atoms with Crippen LogP contribution in [0.1, 0.15) is 32.1 Å². The molecule has 156 valence electrons. The largest absolute Gasteiger partial charge is 0.416 e. The summed E-state index contributed by atoms with van der Waals surface area (Å²) >= 11 is 1.63. The smallest absolute Gasteiger partial charge is 0.192 e. The van der Waals surface area contributed by atoms with E-state index in [1.807, 2.05) is 24.3 Å². The highest BCUT2D eigenvalue weighted by Crippen LogP contribution is 2.39. The molecule has 0 aliphatic rings. The van der Waals surface area contributed by atoms with E-state index < -0.39 is 8.32 Å². The Morgan fingerprint density at radius 2 is 1.70 bits per heavy atom. The van der Waals surface area contributed by atoms with Crippen LogP contribution in [0.15, 0.2) is 54.9 Å². The summed E-state index contributed by atoms with van der Waals surface area (Å²) in [4.78, 5) is 6.19. The van der Waals surface area contributed by atoms with Gasteiger partial charge in [0.25, 0.3) is 0 Å². The van der Waals surface area contributed by atoms with Crippen LogP contribution in [0.5, 0.6) is 0 Å². The van der Waals surface area contributed by atoms with Gasteiger partial charge in [-0.25, -0.2) is 4.39 Å². The number of hydrogen-bond donors (Lipinski definition) is 0. The topological polar surface area (TPSA) is 22.1 Å².